The topological polar surface area (TPSA) is 541 Å². The molecule has 5 aliphatic rings. The maximum Gasteiger partial charge on any atom is 0.364 e. The summed E-state index contributed by atoms with van der Waals surface area (Å²) in [6.07, 6.45) is -32.6. The number of carboxylic acid groups (broad SMARTS) is 1. The van der Waals surface area contributed by atoms with Crippen molar-refractivity contribution in [1.82, 2.24) is 16.0 Å². The molecule has 28 atom stereocenters. The van der Waals surface area contributed by atoms with Gasteiger partial charge in [0.25, 0.3) is 5.79 Å². The third kappa shape index (κ3) is 21.2. The van der Waals surface area contributed by atoms with E-state index >= 15 is 0 Å². The van der Waals surface area contributed by atoms with Gasteiger partial charge in [0.15, 0.2) is 25.2 Å². The van der Waals surface area contributed by atoms with Gasteiger partial charge >= 0.3 is 5.97 Å². The molecule has 0 unspecified atom stereocenters. The van der Waals surface area contributed by atoms with E-state index in [1.165, 1.54) is 51.0 Å². The normalized spacial score (nSPS) is 38.3. The monoisotopic (exact) mass is 1360 g/mol. The molecule has 5 rings (SSSR count). The van der Waals surface area contributed by atoms with Crippen LogP contribution >= 0.6 is 11.6 Å². The predicted octanol–water partition coefficient (Wildman–Crippen LogP) is -7.07. The van der Waals surface area contributed by atoms with Crippen LogP contribution in [0.5, 0.6) is 0 Å². The van der Waals surface area contributed by atoms with Crippen molar-refractivity contribution in [2.24, 2.45) is 0 Å². The zero-order valence-corrected chi connectivity index (χ0v) is 52.3. The SMILES string of the molecule is CCCCCCCCCCCCC/C=C/[C@@H](O)[C@H](CO[C@@H]1O[C@H](CO)[C@@H](O[C@@H]2O[C@H](CO)[C@H](O)[C@H](O[C@@H]3O[C@H](CO)[C@@H](O[C@@H]4O[C@H](CO)[C@H](O)[C@H](O[C@]5(C(=O)O)C[C@H](O)[C@@H](NC(C)=O)[C@H]([C@H](O)[C@H](O)CO)O5)[C@H]4O)[C@H](O)[C@H]3NC(C)=O)[C@H]2O)[C@H](O)[C@H]1O)NC(=O)CCl. The van der Waals surface area contributed by atoms with E-state index in [1.807, 2.05) is 0 Å². The van der Waals surface area contributed by atoms with Gasteiger partial charge in [-0.05, 0) is 12.8 Å². The second kappa shape index (κ2) is 38.7. The number of nitrogens with one attached hydrogen (secondary N) is 3. The van der Waals surface area contributed by atoms with Crippen LogP contribution in [0.3, 0.4) is 0 Å². The molecule has 0 saturated carbocycles. The smallest absolute Gasteiger partial charge is 0.364 e. The molecule has 0 radical (unpaired) electrons. The Morgan fingerprint density at radius 2 is 1.07 bits per heavy atom. The highest BCUT2D eigenvalue weighted by Gasteiger charge is 2.61. The van der Waals surface area contributed by atoms with Crippen LogP contribution in [0.2, 0.25) is 0 Å². The number of carboxylic acids is 1. The zero-order chi connectivity index (χ0) is 68.1. The van der Waals surface area contributed by atoms with Gasteiger partial charge in [-0.15, -0.1) is 11.6 Å². The standard InChI is InChI=1S/C57H98ClN3O31/c1-4-5-6-7-8-9-10-11-12-13-14-15-16-17-29(69)28(61-36(72)19-58)25-83-53-44(78)43(77)48(35(24-66)87-53)89-54-45(79)50(40(74)32(21-63)84-54)90-52-38(60-27(3)68)42(76)47(34(23-65)86-52)88-55-46(80)51(41(75)33(22-64)85-55)92-57(56(81)82)18-30(70)37(59-26(2)67)49(91-57)39(73)31(71)20-62/h16-17,28-35,37-55,62-66,69-71,73-80H,4-15,18-25H2,1-3H3,(H,59,67)(H,60,68)(H,61,72)(H,81,82)/b17-16+/t28-,29+,30-,31+,32+,33+,34+,35+,37+,38+,39+,40-,41-,42+,43+,44+,45+,46+,47+,48+,49+,50-,51-,52-,53+,54-,55-,57-/m0/s1. The van der Waals surface area contributed by atoms with Crippen LogP contribution in [0.25, 0.3) is 0 Å². The fourth-order valence-electron chi connectivity index (χ4n) is 11.6. The lowest BCUT2D eigenvalue weighted by Gasteiger charge is -2.51. The Hall–Kier alpha value is -3.13. The number of carbonyl (C=O) groups excluding carboxylic acids is 3. The summed E-state index contributed by atoms with van der Waals surface area (Å²) in [5, 5.41) is 194. The number of aliphatic hydroxyl groups excluding tert-OH is 16. The second-order valence-electron chi connectivity index (χ2n) is 23.7. The van der Waals surface area contributed by atoms with Gasteiger partial charge in [-0.2, -0.15) is 0 Å². The number of halogens is 1. The van der Waals surface area contributed by atoms with Crippen molar-refractivity contribution in [3.05, 3.63) is 12.2 Å². The van der Waals surface area contributed by atoms with Gasteiger partial charge < -0.3 is 150 Å². The molecule has 534 valence electrons. The summed E-state index contributed by atoms with van der Waals surface area (Å²) in [5.74, 6) is -8.14. The number of ether oxygens (including phenoxy) is 10. The molecule has 0 aromatic heterocycles. The number of hydrogen-bond acceptors (Lipinski definition) is 30. The first-order valence-corrected chi connectivity index (χ1v) is 31.7. The Morgan fingerprint density at radius 1 is 0.587 bits per heavy atom. The lowest BCUT2D eigenvalue weighted by molar-refractivity contribution is -0.390. The van der Waals surface area contributed by atoms with Crippen molar-refractivity contribution < 1.29 is 153 Å². The van der Waals surface area contributed by atoms with Crippen LogP contribution < -0.4 is 16.0 Å². The highest BCUT2D eigenvalue weighted by molar-refractivity contribution is 6.27. The predicted molar refractivity (Wildman–Crippen MR) is 310 cm³/mol. The Kier molecular flexibility index (Phi) is 33.5. The molecule has 92 heavy (non-hydrogen) atoms. The Bertz CT molecular complexity index is 2240. The Balaban J connectivity index is 1.28. The quantitative estimate of drug-likeness (QED) is 0.0156. The van der Waals surface area contributed by atoms with E-state index in [0.29, 0.717) is 6.42 Å². The van der Waals surface area contributed by atoms with Crippen LogP contribution in [-0.4, -0.2) is 327 Å². The van der Waals surface area contributed by atoms with Crippen LogP contribution in [0.15, 0.2) is 12.2 Å². The zero-order valence-electron chi connectivity index (χ0n) is 51.6. The number of alkyl halides is 1. The number of allylic oxidation sites excluding steroid dienone is 1. The van der Waals surface area contributed by atoms with Crippen molar-refractivity contribution in [2.75, 3.05) is 45.5 Å². The Labute approximate surface area is 536 Å². The number of rotatable bonds is 37. The summed E-state index contributed by atoms with van der Waals surface area (Å²) in [7, 11) is 0. The summed E-state index contributed by atoms with van der Waals surface area (Å²) >= 11 is 5.75. The first kappa shape index (κ1) is 79.6. The molecule has 34 nitrogen and oxygen atoms in total. The van der Waals surface area contributed by atoms with E-state index in [0.717, 1.165) is 39.5 Å². The number of amides is 3. The third-order valence-electron chi connectivity index (χ3n) is 16.7. The van der Waals surface area contributed by atoms with Crippen molar-refractivity contribution >= 4 is 35.3 Å². The van der Waals surface area contributed by atoms with E-state index in [-0.39, 0.29) is 0 Å². The molecule has 0 aliphatic carbocycles. The maximum absolute atomic E-state index is 13.1. The van der Waals surface area contributed by atoms with Crippen LogP contribution in [-0.2, 0) is 66.5 Å². The molecule has 0 aromatic rings. The average molecular weight is 1360 g/mol. The van der Waals surface area contributed by atoms with Gasteiger partial charge in [0.05, 0.1) is 63.9 Å². The maximum atomic E-state index is 13.1. The highest BCUT2D eigenvalue weighted by Crippen LogP contribution is 2.40. The fraction of sp³-hybridized carbons (Fsp3) is 0.895. The lowest BCUT2D eigenvalue weighted by atomic mass is 9.88. The minimum absolute atomic E-state index is 0.478. The molecule has 5 heterocycles. The molecule has 0 spiro atoms. The summed E-state index contributed by atoms with van der Waals surface area (Å²) in [4.78, 5) is 50.3. The van der Waals surface area contributed by atoms with Gasteiger partial charge in [-0.25, -0.2) is 4.79 Å². The largest absolute Gasteiger partial charge is 0.477 e. The first-order valence-electron chi connectivity index (χ1n) is 31.1. The van der Waals surface area contributed by atoms with E-state index in [9.17, 15) is 106 Å². The summed E-state index contributed by atoms with van der Waals surface area (Å²) in [5.41, 5.74) is 0. The number of carbonyl (C=O) groups is 4. The summed E-state index contributed by atoms with van der Waals surface area (Å²) in [6.45, 7) is -1.73. The van der Waals surface area contributed by atoms with E-state index in [4.69, 9.17) is 59.0 Å². The van der Waals surface area contributed by atoms with Crippen molar-refractivity contribution in [1.29, 1.82) is 0 Å². The molecule has 20 N–H and O–H groups in total. The molecular formula is C57H98ClN3O31. The summed E-state index contributed by atoms with van der Waals surface area (Å²) < 4.78 is 57.9. The number of unbranched alkanes of at least 4 members (excludes halogenated alkanes) is 11. The molecule has 0 aromatic carbocycles. The molecule has 0 bridgehead atoms. The Morgan fingerprint density at radius 3 is 1.58 bits per heavy atom. The molecule has 5 saturated heterocycles. The van der Waals surface area contributed by atoms with Gasteiger partial charge in [-0.1, -0.05) is 83.3 Å². The summed E-state index contributed by atoms with van der Waals surface area (Å²) in [6, 6.07) is -4.69. The van der Waals surface area contributed by atoms with E-state index < -0.39 is 247 Å². The van der Waals surface area contributed by atoms with Gasteiger partial charge in [0, 0.05) is 20.3 Å². The third-order valence-corrected chi connectivity index (χ3v) is 16.9. The van der Waals surface area contributed by atoms with Gasteiger partial charge in [0.1, 0.15) is 122 Å². The fourth-order valence-corrected chi connectivity index (χ4v) is 11.7. The number of hydrogen-bond donors (Lipinski definition) is 20. The van der Waals surface area contributed by atoms with Crippen molar-refractivity contribution in [2.45, 2.75) is 275 Å². The average Bonchev–Trinajstić information content (AvgIpc) is 0.765. The lowest BCUT2D eigenvalue weighted by Crippen LogP contribution is -2.71. The van der Waals surface area contributed by atoms with Gasteiger partial charge in [0.2, 0.25) is 17.7 Å². The van der Waals surface area contributed by atoms with Crippen molar-refractivity contribution in [3.63, 3.8) is 0 Å². The highest BCUT2D eigenvalue weighted by atomic mass is 35.5. The minimum Gasteiger partial charge on any atom is -0.477 e. The van der Waals surface area contributed by atoms with Gasteiger partial charge in [-0.3, -0.25) is 14.4 Å². The first-order chi connectivity index (χ1) is 43.8. The minimum atomic E-state index is -3.19. The van der Waals surface area contributed by atoms with Crippen LogP contribution in [0, 0.1) is 0 Å². The van der Waals surface area contributed by atoms with Crippen LogP contribution in [0.4, 0.5) is 0 Å². The molecule has 5 aliphatic heterocycles. The van der Waals surface area contributed by atoms with Crippen LogP contribution in [0.1, 0.15) is 104 Å². The van der Waals surface area contributed by atoms with Crippen molar-refractivity contribution in [3.8, 4) is 0 Å². The molecule has 35 heteroatoms. The number of aliphatic carboxylic acids is 1. The van der Waals surface area contributed by atoms with E-state index in [2.05, 4.69) is 22.9 Å². The molecular weight excluding hydrogens is 1260 g/mol. The second-order valence-corrected chi connectivity index (χ2v) is 24.0. The van der Waals surface area contributed by atoms with E-state index in [1.54, 1.807) is 6.08 Å². The number of aliphatic hydroxyl groups is 16. The molecule has 5 fully saturated rings. The molecule has 3 amide bonds.